The summed E-state index contributed by atoms with van der Waals surface area (Å²) >= 11 is 0. The van der Waals surface area contributed by atoms with Gasteiger partial charge in [0.25, 0.3) is 0 Å². The summed E-state index contributed by atoms with van der Waals surface area (Å²) in [7, 11) is 0. The zero-order valence-electron chi connectivity index (χ0n) is 10.3. The van der Waals surface area contributed by atoms with Crippen LogP contribution in [0.5, 0.6) is 0 Å². The minimum absolute atomic E-state index is 0.815. The predicted molar refractivity (Wildman–Crippen MR) is 64.3 cm³/mol. The maximum absolute atomic E-state index is 2.39. The van der Waals surface area contributed by atoms with Crippen molar-refractivity contribution in [2.24, 2.45) is 23.7 Å². The first-order valence-electron chi connectivity index (χ1n) is 6.28. The van der Waals surface area contributed by atoms with E-state index in [2.05, 4.69) is 39.8 Å². The van der Waals surface area contributed by atoms with Gasteiger partial charge in [-0.05, 0) is 49.4 Å². The maximum Gasteiger partial charge on any atom is -0.0327 e. The molecule has 2 unspecified atom stereocenters. The number of hydrogen-bond donors (Lipinski definition) is 0. The number of unbranched alkanes of at least 4 members (excludes halogenated alkanes) is 1. The molecule has 0 aliphatic heterocycles. The van der Waals surface area contributed by atoms with Crippen LogP contribution >= 0.6 is 0 Å². The summed E-state index contributed by atoms with van der Waals surface area (Å²) in [5.41, 5.74) is 0. The van der Waals surface area contributed by atoms with E-state index in [1.165, 1.54) is 25.7 Å². The standard InChI is InChI=1S/C14H26/c1-11(2)9-7-5-6-8-10-14-12(3)13(14)4/h5,7,11-14H,6,8-10H2,1-4H3. The highest BCUT2D eigenvalue weighted by molar-refractivity contribution is 4.91. The Labute approximate surface area is 89.8 Å². The van der Waals surface area contributed by atoms with Gasteiger partial charge in [0.1, 0.15) is 0 Å². The SMILES string of the molecule is CC(C)CC=CCCCC1C(C)C1C. The fourth-order valence-corrected chi connectivity index (χ4v) is 2.25. The molecule has 0 aromatic heterocycles. The summed E-state index contributed by atoms with van der Waals surface area (Å²) in [5, 5.41) is 0. The van der Waals surface area contributed by atoms with Crippen molar-refractivity contribution in [3.63, 3.8) is 0 Å². The highest BCUT2D eigenvalue weighted by Crippen LogP contribution is 2.48. The van der Waals surface area contributed by atoms with Crippen LogP contribution in [0.1, 0.15) is 53.4 Å². The second kappa shape index (κ2) is 5.58. The van der Waals surface area contributed by atoms with Crippen LogP contribution in [-0.4, -0.2) is 0 Å². The molecule has 1 saturated carbocycles. The molecule has 1 aliphatic rings. The largest absolute Gasteiger partial charge is 0.0885 e. The molecular weight excluding hydrogens is 168 g/mol. The quantitative estimate of drug-likeness (QED) is 0.426. The van der Waals surface area contributed by atoms with Gasteiger partial charge in [0.2, 0.25) is 0 Å². The summed E-state index contributed by atoms with van der Waals surface area (Å²) < 4.78 is 0. The van der Waals surface area contributed by atoms with Crippen molar-refractivity contribution in [2.75, 3.05) is 0 Å². The minimum atomic E-state index is 0.815. The fraction of sp³-hybridized carbons (Fsp3) is 0.857. The normalized spacial score (nSPS) is 31.6. The summed E-state index contributed by atoms with van der Waals surface area (Å²) in [5.74, 6) is 3.88. The average molecular weight is 194 g/mol. The van der Waals surface area contributed by atoms with Crippen molar-refractivity contribution in [3.05, 3.63) is 12.2 Å². The van der Waals surface area contributed by atoms with E-state index < -0.39 is 0 Å². The van der Waals surface area contributed by atoms with Gasteiger partial charge in [0.15, 0.2) is 0 Å². The lowest BCUT2D eigenvalue weighted by Gasteiger charge is -1.97. The van der Waals surface area contributed by atoms with Gasteiger partial charge in [0, 0.05) is 0 Å². The Bertz CT molecular complexity index is 170. The highest BCUT2D eigenvalue weighted by atomic mass is 14.5. The van der Waals surface area contributed by atoms with E-state index in [0.717, 1.165) is 23.7 Å². The molecule has 0 radical (unpaired) electrons. The van der Waals surface area contributed by atoms with Gasteiger partial charge in [-0.1, -0.05) is 39.8 Å². The van der Waals surface area contributed by atoms with Crippen molar-refractivity contribution >= 4 is 0 Å². The molecule has 0 spiro atoms. The molecule has 0 N–H and O–H groups in total. The third kappa shape index (κ3) is 3.86. The molecule has 82 valence electrons. The molecule has 0 nitrogen and oxygen atoms in total. The van der Waals surface area contributed by atoms with E-state index in [9.17, 15) is 0 Å². The third-order valence-corrected chi connectivity index (χ3v) is 3.72. The molecule has 0 aromatic rings. The molecular formula is C14H26. The Kier molecular flexibility index (Phi) is 4.71. The first-order valence-corrected chi connectivity index (χ1v) is 6.28. The Morgan fingerprint density at radius 2 is 1.71 bits per heavy atom. The van der Waals surface area contributed by atoms with Gasteiger partial charge in [-0.25, -0.2) is 0 Å². The van der Waals surface area contributed by atoms with Gasteiger partial charge < -0.3 is 0 Å². The molecule has 0 heteroatoms. The van der Waals surface area contributed by atoms with Gasteiger partial charge in [-0.3, -0.25) is 0 Å². The van der Waals surface area contributed by atoms with E-state index in [-0.39, 0.29) is 0 Å². The number of rotatable bonds is 6. The van der Waals surface area contributed by atoms with E-state index in [4.69, 9.17) is 0 Å². The van der Waals surface area contributed by atoms with Crippen LogP contribution in [0.4, 0.5) is 0 Å². The van der Waals surface area contributed by atoms with Crippen molar-refractivity contribution < 1.29 is 0 Å². The lowest BCUT2D eigenvalue weighted by atomic mass is 10.1. The molecule has 1 rings (SSSR count). The molecule has 0 bridgehead atoms. The molecule has 2 atom stereocenters. The summed E-state index contributed by atoms with van der Waals surface area (Å²) in [6, 6.07) is 0. The van der Waals surface area contributed by atoms with Crippen LogP contribution in [-0.2, 0) is 0 Å². The summed E-state index contributed by atoms with van der Waals surface area (Å²) in [6.45, 7) is 9.34. The lowest BCUT2D eigenvalue weighted by Crippen LogP contribution is -1.82. The third-order valence-electron chi connectivity index (χ3n) is 3.72. The van der Waals surface area contributed by atoms with Crippen molar-refractivity contribution in [1.82, 2.24) is 0 Å². The van der Waals surface area contributed by atoms with Gasteiger partial charge >= 0.3 is 0 Å². The van der Waals surface area contributed by atoms with E-state index in [1.54, 1.807) is 0 Å². The zero-order valence-corrected chi connectivity index (χ0v) is 10.3. The van der Waals surface area contributed by atoms with Crippen molar-refractivity contribution in [1.29, 1.82) is 0 Å². The van der Waals surface area contributed by atoms with E-state index in [1.807, 2.05) is 0 Å². The van der Waals surface area contributed by atoms with Crippen molar-refractivity contribution in [3.8, 4) is 0 Å². The molecule has 1 aliphatic carbocycles. The van der Waals surface area contributed by atoms with Crippen molar-refractivity contribution in [2.45, 2.75) is 53.4 Å². The smallest absolute Gasteiger partial charge is 0.0327 e. The molecule has 1 fully saturated rings. The van der Waals surface area contributed by atoms with Gasteiger partial charge in [-0.2, -0.15) is 0 Å². The topological polar surface area (TPSA) is 0 Å². The van der Waals surface area contributed by atoms with E-state index >= 15 is 0 Å². The predicted octanol–water partition coefficient (Wildman–Crippen LogP) is 4.66. The second-order valence-electron chi connectivity index (χ2n) is 5.41. The van der Waals surface area contributed by atoms with Crippen LogP contribution in [0.25, 0.3) is 0 Å². The Balaban J connectivity index is 1.92. The lowest BCUT2D eigenvalue weighted by molar-refractivity contribution is 0.617. The molecule has 0 heterocycles. The minimum Gasteiger partial charge on any atom is -0.0885 e. The second-order valence-corrected chi connectivity index (χ2v) is 5.41. The van der Waals surface area contributed by atoms with Crippen LogP contribution in [0, 0.1) is 23.7 Å². The first kappa shape index (κ1) is 11.8. The van der Waals surface area contributed by atoms with Crippen LogP contribution in [0.3, 0.4) is 0 Å². The van der Waals surface area contributed by atoms with Crippen LogP contribution in [0.2, 0.25) is 0 Å². The first-order chi connectivity index (χ1) is 6.63. The van der Waals surface area contributed by atoms with E-state index in [0.29, 0.717) is 0 Å². The fourth-order valence-electron chi connectivity index (χ4n) is 2.25. The average Bonchev–Trinajstić information content (AvgIpc) is 2.68. The molecule has 0 aromatic carbocycles. The number of allylic oxidation sites excluding steroid dienone is 2. The molecule has 14 heavy (non-hydrogen) atoms. The Hall–Kier alpha value is -0.260. The number of hydrogen-bond acceptors (Lipinski definition) is 0. The van der Waals surface area contributed by atoms with Crippen LogP contribution < -0.4 is 0 Å². The summed E-state index contributed by atoms with van der Waals surface area (Å²) in [6.07, 6.45) is 10.1. The molecule has 0 saturated heterocycles. The molecule has 0 amide bonds. The monoisotopic (exact) mass is 194 g/mol. The highest BCUT2D eigenvalue weighted by Gasteiger charge is 2.41. The van der Waals surface area contributed by atoms with Crippen LogP contribution in [0.15, 0.2) is 12.2 Å². The summed E-state index contributed by atoms with van der Waals surface area (Å²) in [4.78, 5) is 0. The zero-order chi connectivity index (χ0) is 10.6. The maximum atomic E-state index is 2.39. The Morgan fingerprint density at radius 3 is 2.21 bits per heavy atom. The Morgan fingerprint density at radius 1 is 1.07 bits per heavy atom. The van der Waals surface area contributed by atoms with Gasteiger partial charge in [0.05, 0.1) is 0 Å². The van der Waals surface area contributed by atoms with Gasteiger partial charge in [-0.15, -0.1) is 0 Å².